The van der Waals surface area contributed by atoms with Gasteiger partial charge in [0.2, 0.25) is 0 Å². The molecular formula is C26H38Na2O7. The molecule has 0 aliphatic carbocycles. The van der Waals surface area contributed by atoms with E-state index in [1.807, 2.05) is 12.1 Å². The van der Waals surface area contributed by atoms with E-state index in [9.17, 15) is 19.8 Å². The van der Waals surface area contributed by atoms with Crippen molar-refractivity contribution in [3.05, 3.63) is 42.5 Å². The number of hydrogen-bond donors (Lipinski definition) is 0. The fourth-order valence-electron chi connectivity index (χ4n) is 3.33. The van der Waals surface area contributed by atoms with E-state index >= 15 is 0 Å². The number of aliphatic carboxylic acids is 2. The molecule has 186 valence electrons. The van der Waals surface area contributed by atoms with E-state index < -0.39 is 17.9 Å². The number of carbonyl (C=O) groups excluding carboxylic acids is 2. The first-order valence-electron chi connectivity index (χ1n) is 11.9. The number of carboxylic acids is 2. The normalized spacial score (nSPS) is 11.3. The van der Waals surface area contributed by atoms with Crippen LogP contribution in [0.15, 0.2) is 36.9 Å². The maximum absolute atomic E-state index is 10.8. The molecule has 1 aromatic carbocycles. The van der Waals surface area contributed by atoms with E-state index in [0.717, 1.165) is 12.2 Å². The second kappa shape index (κ2) is 24.0. The minimum Gasteiger partial charge on any atom is -0.549 e. The number of carbonyl (C=O) groups is 2. The third kappa shape index (κ3) is 18.5. The summed E-state index contributed by atoms with van der Waals surface area (Å²) in [5, 5.41) is 21.5. The fraction of sp³-hybridized carbons (Fsp3) is 0.615. The van der Waals surface area contributed by atoms with E-state index in [0.29, 0.717) is 45.7 Å². The predicted molar refractivity (Wildman–Crippen MR) is 123 cm³/mol. The van der Waals surface area contributed by atoms with Crippen LogP contribution in [-0.2, 0) is 25.5 Å². The Morgan fingerprint density at radius 2 is 1.60 bits per heavy atom. The summed E-state index contributed by atoms with van der Waals surface area (Å²) < 4.78 is 17.3. The van der Waals surface area contributed by atoms with Gasteiger partial charge in [-0.1, -0.05) is 57.2 Å². The third-order valence-corrected chi connectivity index (χ3v) is 5.28. The maximum atomic E-state index is 10.8. The number of benzene rings is 1. The molecule has 1 aromatic rings. The topological polar surface area (TPSA) is 108 Å². The second-order valence-electron chi connectivity index (χ2n) is 8.12. The number of aryl methyl sites for hydroxylation is 1. The zero-order chi connectivity index (χ0) is 24.3. The summed E-state index contributed by atoms with van der Waals surface area (Å²) in [6.45, 7) is 7.39. The van der Waals surface area contributed by atoms with Crippen LogP contribution >= 0.6 is 0 Å². The van der Waals surface area contributed by atoms with Crippen molar-refractivity contribution < 1.29 is 93.1 Å². The van der Waals surface area contributed by atoms with Crippen LogP contribution in [0.25, 0.3) is 0 Å². The summed E-state index contributed by atoms with van der Waals surface area (Å²) in [6.07, 6.45) is 9.18. The van der Waals surface area contributed by atoms with Gasteiger partial charge in [0.1, 0.15) is 18.5 Å². The van der Waals surface area contributed by atoms with Gasteiger partial charge in [-0.05, 0) is 43.4 Å². The van der Waals surface area contributed by atoms with Gasteiger partial charge in [0.15, 0.2) is 0 Å². The van der Waals surface area contributed by atoms with E-state index in [4.69, 9.17) is 14.2 Å². The van der Waals surface area contributed by atoms with Gasteiger partial charge in [-0.2, -0.15) is 0 Å². The van der Waals surface area contributed by atoms with E-state index in [-0.39, 0.29) is 71.6 Å². The van der Waals surface area contributed by atoms with Crippen molar-refractivity contribution >= 4 is 11.9 Å². The van der Waals surface area contributed by atoms with Crippen molar-refractivity contribution in [2.45, 2.75) is 70.8 Å². The number of hydrogen-bond acceptors (Lipinski definition) is 7. The van der Waals surface area contributed by atoms with Crippen LogP contribution in [0.4, 0.5) is 0 Å². The second-order valence-corrected chi connectivity index (χ2v) is 8.12. The Balaban J connectivity index is 0. The largest absolute Gasteiger partial charge is 1.00 e. The standard InChI is InChI=1S/C26H40O7.2Na/c1-3-5-6-8-11-21-13-15-22(16-14-21)33-20-23(19-31-17-4-2)32-18-10-7-9-12-24(25(27)28)26(29)30;;/h4,13-16,23-24H,2-3,5-12,17-20H2,1H3,(H,27,28)(H,29,30);;/q;2*+1/p-2. The van der Waals surface area contributed by atoms with Gasteiger partial charge in [0.05, 0.1) is 25.2 Å². The van der Waals surface area contributed by atoms with Crippen molar-refractivity contribution in [3.8, 4) is 5.75 Å². The van der Waals surface area contributed by atoms with Gasteiger partial charge in [-0.3, -0.25) is 0 Å². The molecule has 1 unspecified atom stereocenters. The number of carboxylic acid groups (broad SMARTS) is 2. The van der Waals surface area contributed by atoms with Crippen LogP contribution in [-0.4, -0.2) is 44.5 Å². The van der Waals surface area contributed by atoms with Crippen molar-refractivity contribution in [3.63, 3.8) is 0 Å². The molecule has 0 aromatic heterocycles. The molecule has 1 atom stereocenters. The molecular weight excluding hydrogens is 470 g/mol. The SMILES string of the molecule is C=CCOCC(COc1ccc(CCCCCC)cc1)OCCCCCC(C(=O)[O-])C(=O)[O-].[Na+].[Na+]. The maximum Gasteiger partial charge on any atom is 1.00 e. The van der Waals surface area contributed by atoms with E-state index in [2.05, 4.69) is 25.6 Å². The monoisotopic (exact) mass is 508 g/mol. The minimum absolute atomic E-state index is 0. The van der Waals surface area contributed by atoms with Crippen LogP contribution < -0.4 is 74.1 Å². The Kier molecular flexibility index (Phi) is 25.2. The molecule has 0 N–H and O–H groups in total. The predicted octanol–water partition coefficient (Wildman–Crippen LogP) is -3.54. The van der Waals surface area contributed by atoms with Gasteiger partial charge in [0, 0.05) is 12.5 Å². The van der Waals surface area contributed by atoms with Crippen LogP contribution in [0.2, 0.25) is 0 Å². The Labute approximate surface area is 254 Å². The Bertz CT molecular complexity index is 669. The summed E-state index contributed by atoms with van der Waals surface area (Å²) in [7, 11) is 0. The zero-order valence-electron chi connectivity index (χ0n) is 21.8. The summed E-state index contributed by atoms with van der Waals surface area (Å²) >= 11 is 0. The Morgan fingerprint density at radius 3 is 2.20 bits per heavy atom. The summed E-state index contributed by atoms with van der Waals surface area (Å²) in [4.78, 5) is 21.5. The molecule has 0 fully saturated rings. The molecule has 0 saturated carbocycles. The third-order valence-electron chi connectivity index (χ3n) is 5.28. The molecule has 0 aliphatic heterocycles. The summed E-state index contributed by atoms with van der Waals surface area (Å²) in [5.74, 6) is -4.00. The average Bonchev–Trinajstić information content (AvgIpc) is 2.79. The Morgan fingerprint density at radius 1 is 0.943 bits per heavy atom. The first kappa shape index (κ1) is 36.8. The molecule has 0 amide bonds. The van der Waals surface area contributed by atoms with Crippen LogP contribution in [0, 0.1) is 5.92 Å². The van der Waals surface area contributed by atoms with Crippen molar-refractivity contribution in [1.29, 1.82) is 0 Å². The smallest absolute Gasteiger partial charge is 0.549 e. The Hall–Kier alpha value is -0.380. The number of unbranched alkanes of at least 4 members (excludes halogenated alkanes) is 5. The van der Waals surface area contributed by atoms with Crippen LogP contribution in [0.3, 0.4) is 0 Å². The van der Waals surface area contributed by atoms with Crippen molar-refractivity contribution in [1.82, 2.24) is 0 Å². The van der Waals surface area contributed by atoms with Gasteiger partial charge in [-0.25, -0.2) is 0 Å². The van der Waals surface area contributed by atoms with Crippen molar-refractivity contribution in [2.75, 3.05) is 26.4 Å². The molecule has 7 nitrogen and oxygen atoms in total. The van der Waals surface area contributed by atoms with Crippen LogP contribution in [0.5, 0.6) is 5.75 Å². The average molecular weight is 509 g/mol. The summed E-state index contributed by atoms with van der Waals surface area (Å²) in [6, 6.07) is 8.14. The van der Waals surface area contributed by atoms with Crippen molar-refractivity contribution in [2.24, 2.45) is 5.92 Å². The first-order valence-corrected chi connectivity index (χ1v) is 11.9. The van der Waals surface area contributed by atoms with E-state index in [1.54, 1.807) is 6.08 Å². The van der Waals surface area contributed by atoms with Gasteiger partial charge in [0.25, 0.3) is 0 Å². The summed E-state index contributed by atoms with van der Waals surface area (Å²) in [5.41, 5.74) is 1.31. The molecule has 0 spiro atoms. The molecule has 0 aliphatic rings. The van der Waals surface area contributed by atoms with E-state index in [1.165, 1.54) is 31.2 Å². The molecule has 0 saturated heterocycles. The van der Waals surface area contributed by atoms with Gasteiger partial charge >= 0.3 is 59.1 Å². The quantitative estimate of drug-likeness (QED) is 0.0733. The van der Waals surface area contributed by atoms with Crippen LogP contribution in [0.1, 0.15) is 63.9 Å². The zero-order valence-corrected chi connectivity index (χ0v) is 25.8. The van der Waals surface area contributed by atoms with Gasteiger partial charge in [-0.15, -0.1) is 6.58 Å². The molecule has 0 heterocycles. The number of ether oxygens (including phenoxy) is 3. The molecule has 0 radical (unpaired) electrons. The molecule has 35 heavy (non-hydrogen) atoms. The number of rotatable bonds is 21. The molecule has 1 rings (SSSR count). The first-order chi connectivity index (χ1) is 16.0. The molecule has 9 heteroatoms. The fourth-order valence-corrected chi connectivity index (χ4v) is 3.33. The molecule has 0 bridgehead atoms. The van der Waals surface area contributed by atoms with Gasteiger partial charge < -0.3 is 34.0 Å². The minimum atomic E-state index is -1.60.